The maximum absolute atomic E-state index is 12.4. The second-order valence-electron chi connectivity index (χ2n) is 8.30. The van der Waals surface area contributed by atoms with E-state index in [-0.39, 0.29) is 17.3 Å². The van der Waals surface area contributed by atoms with E-state index in [1.165, 1.54) is 11.3 Å². The van der Waals surface area contributed by atoms with Crippen LogP contribution in [0.4, 0.5) is 0 Å². The molecule has 0 saturated carbocycles. The van der Waals surface area contributed by atoms with E-state index in [1.54, 1.807) is 0 Å². The third-order valence-electron chi connectivity index (χ3n) is 5.00. The number of esters is 5. The van der Waals surface area contributed by atoms with Gasteiger partial charge in [-0.05, 0) is 6.92 Å². The zero-order valence-electron chi connectivity index (χ0n) is 22.3. The molecule has 0 amide bonds. The van der Waals surface area contributed by atoms with Crippen LogP contribution in [0.5, 0.6) is 0 Å². The van der Waals surface area contributed by atoms with Gasteiger partial charge in [-0.25, -0.2) is 4.57 Å². The van der Waals surface area contributed by atoms with Gasteiger partial charge < -0.3 is 23.7 Å². The van der Waals surface area contributed by atoms with Gasteiger partial charge in [0.2, 0.25) is 17.8 Å². The molecule has 0 saturated heterocycles. The minimum Gasteiger partial charge on any atom is -0.462 e. The van der Waals surface area contributed by atoms with Crippen LogP contribution >= 0.6 is 0 Å². The van der Waals surface area contributed by atoms with Crippen LogP contribution in [-0.4, -0.2) is 79.8 Å². The van der Waals surface area contributed by atoms with Crippen molar-refractivity contribution in [3.05, 3.63) is 27.9 Å². The molecule has 2 heterocycles. The lowest BCUT2D eigenvalue weighted by Crippen LogP contribution is -2.50. The zero-order valence-corrected chi connectivity index (χ0v) is 22.3. The molecular weight excluding hydrogens is 524 g/mol. The first-order valence-corrected chi connectivity index (χ1v) is 11.4. The highest BCUT2D eigenvalue weighted by Crippen LogP contribution is 2.30. The molecule has 0 aliphatic heterocycles. The maximum Gasteiger partial charge on any atom is 0.303 e. The second kappa shape index (κ2) is 12.7. The predicted molar refractivity (Wildman–Crippen MR) is 126 cm³/mol. The maximum atomic E-state index is 12.4. The molecule has 16 nitrogen and oxygen atoms in total. The summed E-state index contributed by atoms with van der Waals surface area (Å²) in [4.78, 5) is 84.5. The summed E-state index contributed by atoms with van der Waals surface area (Å²) in [6, 6.07) is 1.10. The monoisotopic (exact) mass is 552 g/mol. The first-order valence-electron chi connectivity index (χ1n) is 11.4. The quantitative estimate of drug-likeness (QED) is 0.277. The molecule has 0 aliphatic carbocycles. The fourth-order valence-corrected chi connectivity index (χ4v) is 3.75. The molecule has 0 aromatic carbocycles. The van der Waals surface area contributed by atoms with Crippen LogP contribution < -0.4 is 5.56 Å². The van der Waals surface area contributed by atoms with Crippen LogP contribution in [0, 0.1) is 6.92 Å². The molecule has 4 atom stereocenters. The molecule has 0 fully saturated rings. The average Bonchev–Trinajstić information content (AvgIpc) is 3.21. The van der Waals surface area contributed by atoms with E-state index in [0.717, 1.165) is 47.6 Å². The molecule has 0 aliphatic rings. The third-order valence-corrected chi connectivity index (χ3v) is 5.00. The van der Waals surface area contributed by atoms with Gasteiger partial charge in [-0.1, -0.05) is 0 Å². The number of hydrogen-bond donors (Lipinski definition) is 0. The molecule has 0 radical (unpaired) electrons. The molecule has 16 heteroatoms. The standard InChI is InChI=1S/C23H28N4O12/c1-10-8-18(34)27(11(2)28)23-25-24-22(26(10)23)21(39-16(7)33)20(38-15(6)32)19(37-14(5)31)17(36-13(4)30)9-35-12(3)29/h8,17,19-21H,9H2,1-7H3/t17-,19-,20+,21-/m1/s1. The summed E-state index contributed by atoms with van der Waals surface area (Å²) in [6.45, 7) is 7.12. The Kier molecular flexibility index (Phi) is 10.0. The summed E-state index contributed by atoms with van der Waals surface area (Å²) in [5.74, 6) is -5.59. The van der Waals surface area contributed by atoms with Crippen molar-refractivity contribution >= 4 is 41.5 Å². The Morgan fingerprint density at radius 1 is 0.769 bits per heavy atom. The Hall–Kier alpha value is -4.63. The summed E-state index contributed by atoms with van der Waals surface area (Å²) in [6.07, 6.45) is -6.74. The number of rotatable bonds is 10. The minimum atomic E-state index is -1.76. The van der Waals surface area contributed by atoms with E-state index in [2.05, 4.69) is 10.2 Å². The normalized spacial score (nSPS) is 13.9. The Morgan fingerprint density at radius 2 is 1.31 bits per heavy atom. The minimum absolute atomic E-state index is 0.201. The largest absolute Gasteiger partial charge is 0.462 e. The van der Waals surface area contributed by atoms with Gasteiger partial charge in [-0.15, -0.1) is 10.2 Å². The van der Waals surface area contributed by atoms with E-state index in [0.29, 0.717) is 4.57 Å². The SMILES string of the molecule is CC(=O)OC[C@@H](OC(C)=O)[C@@H](OC(C)=O)[C@H](OC(C)=O)[C@@H](OC(C)=O)c1nnc2n(C(C)=O)c(=O)cc(C)n12. The van der Waals surface area contributed by atoms with Gasteiger partial charge in [0.25, 0.3) is 5.56 Å². The van der Waals surface area contributed by atoms with Crippen LogP contribution in [0.1, 0.15) is 64.0 Å². The van der Waals surface area contributed by atoms with E-state index in [4.69, 9.17) is 23.7 Å². The van der Waals surface area contributed by atoms with Gasteiger partial charge in [0.15, 0.2) is 24.1 Å². The number of aromatic nitrogens is 4. The molecule has 2 aromatic heterocycles. The van der Waals surface area contributed by atoms with E-state index >= 15 is 0 Å². The second-order valence-corrected chi connectivity index (χ2v) is 8.30. The Labute approximate surface area is 221 Å². The van der Waals surface area contributed by atoms with Crippen molar-refractivity contribution in [1.29, 1.82) is 0 Å². The number of nitrogens with zero attached hydrogens (tertiary/aromatic N) is 4. The first kappa shape index (κ1) is 30.6. The highest BCUT2D eigenvalue weighted by atomic mass is 16.6. The molecular formula is C23H28N4O12. The van der Waals surface area contributed by atoms with Crippen molar-refractivity contribution in [3.63, 3.8) is 0 Å². The van der Waals surface area contributed by atoms with Crippen molar-refractivity contribution in [3.8, 4) is 0 Å². The lowest BCUT2D eigenvalue weighted by atomic mass is 10.0. The molecule has 0 spiro atoms. The van der Waals surface area contributed by atoms with Crippen LogP contribution in [0.2, 0.25) is 0 Å². The van der Waals surface area contributed by atoms with Gasteiger partial charge in [0.1, 0.15) is 6.61 Å². The lowest BCUT2D eigenvalue weighted by molar-refractivity contribution is -0.204. The van der Waals surface area contributed by atoms with Crippen molar-refractivity contribution in [2.45, 2.75) is 72.9 Å². The highest BCUT2D eigenvalue weighted by molar-refractivity contribution is 5.79. The smallest absolute Gasteiger partial charge is 0.303 e. The van der Waals surface area contributed by atoms with E-state index < -0.39 is 72.3 Å². The number of ether oxygens (including phenoxy) is 5. The number of aryl methyl sites for hydroxylation is 1. The molecule has 2 rings (SSSR count). The summed E-state index contributed by atoms with van der Waals surface area (Å²) in [7, 11) is 0. The Balaban J connectivity index is 2.87. The predicted octanol–water partition coefficient (Wildman–Crippen LogP) is -0.178. The number of carbonyl (C=O) groups excluding carboxylic acids is 6. The topological polar surface area (TPSA) is 201 Å². The van der Waals surface area contributed by atoms with Gasteiger partial charge >= 0.3 is 29.8 Å². The van der Waals surface area contributed by atoms with Crippen LogP contribution in [0.25, 0.3) is 5.78 Å². The molecule has 2 aromatic rings. The van der Waals surface area contributed by atoms with Crippen molar-refractivity contribution in [1.82, 2.24) is 19.2 Å². The van der Waals surface area contributed by atoms with Crippen LogP contribution in [0.15, 0.2) is 10.9 Å². The summed E-state index contributed by atoms with van der Waals surface area (Å²) < 4.78 is 28.3. The summed E-state index contributed by atoms with van der Waals surface area (Å²) >= 11 is 0. The lowest BCUT2D eigenvalue weighted by Gasteiger charge is -2.34. The molecule has 0 N–H and O–H groups in total. The molecule has 39 heavy (non-hydrogen) atoms. The number of carbonyl (C=O) groups is 6. The molecule has 0 bridgehead atoms. The number of hydrogen-bond acceptors (Lipinski definition) is 14. The molecule has 212 valence electrons. The number of fused-ring (bicyclic) bond motifs is 1. The van der Waals surface area contributed by atoms with Crippen LogP contribution in [0.3, 0.4) is 0 Å². The fraction of sp³-hybridized carbons (Fsp3) is 0.522. The highest BCUT2D eigenvalue weighted by Gasteiger charge is 2.46. The zero-order chi connectivity index (χ0) is 29.6. The van der Waals surface area contributed by atoms with E-state index in [1.807, 2.05) is 0 Å². The summed E-state index contributed by atoms with van der Waals surface area (Å²) in [5, 5.41) is 7.86. The van der Waals surface area contributed by atoms with E-state index in [9.17, 15) is 33.6 Å². The Morgan fingerprint density at radius 3 is 1.79 bits per heavy atom. The first-order chi connectivity index (χ1) is 18.1. The summed E-state index contributed by atoms with van der Waals surface area (Å²) in [5.41, 5.74) is -0.507. The third kappa shape index (κ3) is 7.68. The average molecular weight is 552 g/mol. The fourth-order valence-electron chi connectivity index (χ4n) is 3.75. The van der Waals surface area contributed by atoms with Crippen molar-refractivity contribution < 1.29 is 52.5 Å². The van der Waals surface area contributed by atoms with Gasteiger partial charge in [0.05, 0.1) is 0 Å². The Bertz CT molecular complexity index is 1360. The van der Waals surface area contributed by atoms with Gasteiger partial charge in [-0.3, -0.25) is 38.0 Å². The van der Waals surface area contributed by atoms with Gasteiger partial charge in [0, 0.05) is 53.3 Å². The molecule has 0 unspecified atom stereocenters. The van der Waals surface area contributed by atoms with Crippen molar-refractivity contribution in [2.75, 3.05) is 6.61 Å². The van der Waals surface area contributed by atoms with Crippen LogP contribution in [-0.2, 0) is 47.7 Å². The van der Waals surface area contributed by atoms with Crippen molar-refractivity contribution in [2.24, 2.45) is 0 Å². The van der Waals surface area contributed by atoms with Gasteiger partial charge in [-0.2, -0.15) is 0 Å².